The number of nitriles is 2. The van der Waals surface area contributed by atoms with Crippen molar-refractivity contribution in [3.05, 3.63) is 76.4 Å². The summed E-state index contributed by atoms with van der Waals surface area (Å²) < 4.78 is 0.512. The highest BCUT2D eigenvalue weighted by Crippen LogP contribution is 2.45. The predicted octanol–water partition coefficient (Wildman–Crippen LogP) is 4.97. The van der Waals surface area contributed by atoms with Gasteiger partial charge in [0, 0.05) is 0 Å². The second kappa shape index (κ2) is 7.33. The second-order valence-corrected chi connectivity index (χ2v) is 8.25. The number of nitrogens with zero attached hydrogens (tertiary/aromatic N) is 2. The first-order chi connectivity index (χ1) is 12.5. The van der Waals surface area contributed by atoms with Crippen LogP contribution in [-0.2, 0) is 4.87 Å². The average molecular weight is 376 g/mol. The molecule has 1 unspecified atom stereocenters. The van der Waals surface area contributed by atoms with Crippen LogP contribution in [-0.4, -0.2) is 4.20 Å². The molecule has 0 saturated carbocycles. The number of benzene rings is 2. The number of nitrogens with one attached hydrogen (secondary N) is 1. The monoisotopic (exact) mass is 375 g/mol. The molecule has 0 aromatic heterocycles. The summed E-state index contributed by atoms with van der Waals surface area (Å²) in [5, 5.41) is 22.6. The van der Waals surface area contributed by atoms with Crippen molar-refractivity contribution in [3.63, 3.8) is 0 Å². The average Bonchev–Trinajstić information content (AvgIpc) is 2.62. The number of thiocarbonyl (C=S) groups is 1. The van der Waals surface area contributed by atoms with Gasteiger partial charge in [0.2, 0.25) is 0 Å². The van der Waals surface area contributed by atoms with E-state index in [9.17, 15) is 10.5 Å². The van der Waals surface area contributed by atoms with Crippen molar-refractivity contribution in [1.82, 2.24) is 5.32 Å². The lowest BCUT2D eigenvalue weighted by Gasteiger charge is -2.38. The fraction of sp³-hybridized carbons (Fsp3) is 0.190. The van der Waals surface area contributed by atoms with Gasteiger partial charge in [-0.1, -0.05) is 83.6 Å². The molecule has 0 radical (unpaired) electrons. The van der Waals surface area contributed by atoms with Crippen molar-refractivity contribution in [2.24, 2.45) is 0 Å². The molecule has 3 nitrogen and oxygen atoms in total. The Balaban J connectivity index is 2.15. The third kappa shape index (κ3) is 3.37. The van der Waals surface area contributed by atoms with Crippen LogP contribution in [0.5, 0.6) is 0 Å². The molecule has 0 amide bonds. The molecule has 1 heterocycles. The van der Waals surface area contributed by atoms with E-state index in [0.29, 0.717) is 15.5 Å². The van der Waals surface area contributed by atoms with Crippen LogP contribution >= 0.6 is 24.0 Å². The molecule has 0 fully saturated rings. The Morgan fingerprint density at radius 1 is 1.00 bits per heavy atom. The van der Waals surface area contributed by atoms with Gasteiger partial charge in [0.15, 0.2) is 0 Å². The molecule has 0 saturated heterocycles. The molecule has 0 spiro atoms. The minimum atomic E-state index is -0.708. The fourth-order valence-electron chi connectivity index (χ4n) is 2.89. The summed E-state index contributed by atoms with van der Waals surface area (Å²) in [6.45, 7) is 4.04. The smallest absolute Gasteiger partial charge is 0.128 e. The molecule has 0 bridgehead atoms. The Hall–Kier alpha value is -2.60. The highest BCUT2D eigenvalue weighted by Gasteiger charge is 2.40. The summed E-state index contributed by atoms with van der Waals surface area (Å²) in [7, 11) is 0. The summed E-state index contributed by atoms with van der Waals surface area (Å²) in [6, 6.07) is 20.5. The van der Waals surface area contributed by atoms with Crippen LogP contribution in [0.2, 0.25) is 0 Å². The van der Waals surface area contributed by atoms with Gasteiger partial charge in [0.1, 0.15) is 16.5 Å². The lowest BCUT2D eigenvalue weighted by molar-refractivity contribution is 0.585. The lowest BCUT2D eigenvalue weighted by atomic mass is 9.98. The molecular formula is C21H17N3S2. The third-order valence-corrected chi connectivity index (χ3v) is 6.02. The highest BCUT2D eigenvalue weighted by molar-refractivity contribution is 8.24. The molecule has 3 rings (SSSR count). The van der Waals surface area contributed by atoms with Gasteiger partial charge in [-0.2, -0.15) is 10.5 Å². The minimum Gasteiger partial charge on any atom is -0.364 e. The van der Waals surface area contributed by atoms with Crippen LogP contribution in [0.15, 0.2) is 54.1 Å². The van der Waals surface area contributed by atoms with E-state index >= 15 is 0 Å². The van der Waals surface area contributed by atoms with Gasteiger partial charge in [0.25, 0.3) is 0 Å². The molecular weight excluding hydrogens is 358 g/mol. The van der Waals surface area contributed by atoms with Gasteiger partial charge in [-0.3, -0.25) is 0 Å². The maximum Gasteiger partial charge on any atom is 0.128 e. The van der Waals surface area contributed by atoms with E-state index in [4.69, 9.17) is 12.2 Å². The van der Waals surface area contributed by atoms with E-state index < -0.39 is 4.87 Å². The van der Waals surface area contributed by atoms with Gasteiger partial charge < -0.3 is 5.32 Å². The summed E-state index contributed by atoms with van der Waals surface area (Å²) in [5.74, 6) is 0. The maximum absolute atomic E-state index is 9.64. The maximum atomic E-state index is 9.64. The van der Waals surface area contributed by atoms with Crippen molar-refractivity contribution in [3.8, 4) is 12.1 Å². The number of aryl methyl sites for hydroxylation is 2. The van der Waals surface area contributed by atoms with Crippen molar-refractivity contribution >= 4 is 33.9 Å². The first kappa shape index (κ1) is 18.2. The van der Waals surface area contributed by atoms with Crippen LogP contribution in [0.4, 0.5) is 0 Å². The molecule has 2 aromatic carbocycles. The lowest BCUT2D eigenvalue weighted by Crippen LogP contribution is -2.42. The zero-order valence-corrected chi connectivity index (χ0v) is 16.2. The normalized spacial score (nSPS) is 19.5. The van der Waals surface area contributed by atoms with E-state index in [1.165, 1.54) is 11.8 Å². The molecule has 1 aliphatic rings. The van der Waals surface area contributed by atoms with Gasteiger partial charge in [-0.05, 0) is 25.0 Å². The Kier molecular flexibility index (Phi) is 5.13. The predicted molar refractivity (Wildman–Crippen MR) is 110 cm³/mol. The topological polar surface area (TPSA) is 59.6 Å². The molecule has 1 N–H and O–H groups in total. The Morgan fingerprint density at radius 2 is 1.58 bits per heavy atom. The zero-order chi connectivity index (χ0) is 18.7. The standard InChI is InChI=1S/C21H17N3S2/c1-14-3-7-16(8-4-14)19-18(13-23)20(25)26-21(24-19,11-12-22)17-9-5-15(2)6-10-17/h3-10,24H,11H2,1-2H3. The quantitative estimate of drug-likeness (QED) is 0.768. The fourth-order valence-corrected chi connectivity index (χ4v) is 4.57. The minimum absolute atomic E-state index is 0.231. The SMILES string of the molecule is Cc1ccc(C2=C(C#N)C(=S)SC(CC#N)(c3ccc(C)cc3)N2)cc1. The summed E-state index contributed by atoms with van der Waals surface area (Å²) in [5.41, 5.74) is 5.29. The zero-order valence-electron chi connectivity index (χ0n) is 14.5. The molecule has 26 heavy (non-hydrogen) atoms. The number of hydrogen-bond acceptors (Lipinski definition) is 5. The summed E-state index contributed by atoms with van der Waals surface area (Å²) in [6.07, 6.45) is 0.231. The molecule has 0 aliphatic carbocycles. The number of thioether (sulfide) groups is 1. The molecule has 1 atom stereocenters. The van der Waals surface area contributed by atoms with E-state index in [2.05, 4.69) is 17.5 Å². The van der Waals surface area contributed by atoms with Crippen LogP contribution in [0, 0.1) is 36.5 Å². The summed E-state index contributed by atoms with van der Waals surface area (Å²) in [4.78, 5) is -0.708. The van der Waals surface area contributed by atoms with E-state index in [1.54, 1.807) is 0 Å². The van der Waals surface area contributed by atoms with Crippen molar-refractivity contribution in [2.45, 2.75) is 25.1 Å². The second-order valence-electron chi connectivity index (χ2n) is 6.27. The third-order valence-electron chi connectivity index (χ3n) is 4.35. The Bertz CT molecular complexity index is 960. The molecule has 5 heteroatoms. The summed E-state index contributed by atoms with van der Waals surface area (Å²) >= 11 is 6.92. The molecule has 128 valence electrons. The first-order valence-electron chi connectivity index (χ1n) is 8.16. The van der Waals surface area contributed by atoms with Crippen molar-refractivity contribution in [1.29, 1.82) is 10.5 Å². The van der Waals surface area contributed by atoms with Crippen LogP contribution in [0.25, 0.3) is 5.70 Å². The van der Waals surface area contributed by atoms with Gasteiger partial charge >= 0.3 is 0 Å². The van der Waals surface area contributed by atoms with Crippen molar-refractivity contribution in [2.75, 3.05) is 0 Å². The number of rotatable bonds is 3. The van der Waals surface area contributed by atoms with Crippen LogP contribution in [0.1, 0.15) is 28.7 Å². The Morgan fingerprint density at radius 3 is 2.12 bits per heavy atom. The van der Waals surface area contributed by atoms with Crippen LogP contribution in [0.3, 0.4) is 0 Å². The highest BCUT2D eigenvalue weighted by atomic mass is 32.2. The largest absolute Gasteiger partial charge is 0.364 e. The Labute approximate surface area is 163 Å². The van der Waals surface area contributed by atoms with Gasteiger partial charge in [-0.25, -0.2) is 0 Å². The van der Waals surface area contributed by atoms with Gasteiger partial charge in [0.05, 0.1) is 22.4 Å². The van der Waals surface area contributed by atoms with E-state index in [1.807, 2.05) is 62.4 Å². The van der Waals surface area contributed by atoms with E-state index in [-0.39, 0.29) is 6.42 Å². The van der Waals surface area contributed by atoms with Crippen molar-refractivity contribution < 1.29 is 0 Å². The molecule has 2 aromatic rings. The molecule has 1 aliphatic heterocycles. The van der Waals surface area contributed by atoms with E-state index in [0.717, 1.165) is 22.3 Å². The number of hydrogen-bond donors (Lipinski definition) is 1. The van der Waals surface area contributed by atoms with Crippen LogP contribution < -0.4 is 5.32 Å². The first-order valence-corrected chi connectivity index (χ1v) is 9.38. The van der Waals surface area contributed by atoms with Gasteiger partial charge in [-0.15, -0.1) is 0 Å².